The molecular weight excluding hydrogens is 248 g/mol. The highest BCUT2D eigenvalue weighted by Gasteiger charge is 2.19. The van der Waals surface area contributed by atoms with Crippen LogP contribution in [0.25, 0.3) is 0 Å². The molecule has 0 fully saturated rings. The Morgan fingerprint density at radius 3 is 2.42 bits per heavy atom. The van der Waals surface area contributed by atoms with Gasteiger partial charge >= 0.3 is 0 Å². The van der Waals surface area contributed by atoms with Crippen LogP contribution in [0.5, 0.6) is 0 Å². The van der Waals surface area contributed by atoms with Gasteiger partial charge in [0.25, 0.3) is 0 Å². The monoisotopic (exact) mass is 265 g/mol. The van der Waals surface area contributed by atoms with Gasteiger partial charge in [0.05, 0.1) is 6.04 Å². The smallest absolute Gasteiger partial charge is 0.159 e. The maximum atomic E-state index is 13.4. The van der Waals surface area contributed by atoms with Crippen molar-refractivity contribution in [1.29, 1.82) is 0 Å². The average Bonchev–Trinajstić information content (AvgIpc) is 2.69. The van der Waals surface area contributed by atoms with Crippen LogP contribution >= 0.6 is 0 Å². The van der Waals surface area contributed by atoms with Crippen molar-refractivity contribution in [2.45, 2.75) is 26.8 Å². The number of furan rings is 1. The number of rotatable bonds is 4. The molecule has 1 atom stereocenters. The second kappa shape index (κ2) is 5.53. The first kappa shape index (κ1) is 13.7. The lowest BCUT2D eigenvalue weighted by Crippen LogP contribution is -2.22. The number of hydrogen-bond acceptors (Lipinski definition) is 2. The molecule has 2 rings (SSSR count). The standard InChI is InChI=1S/C15H17F2NO/c1-4-18-15(12-7-9(2)19-10(12)3)11-5-6-13(16)14(17)8-11/h5-8,15,18H,4H2,1-3H3. The Kier molecular flexibility index (Phi) is 4.00. The zero-order valence-electron chi connectivity index (χ0n) is 11.3. The SMILES string of the molecule is CCNC(c1ccc(F)c(F)c1)c1cc(C)oc1C. The lowest BCUT2D eigenvalue weighted by atomic mass is 9.98. The Hall–Kier alpha value is -1.68. The van der Waals surface area contributed by atoms with Gasteiger partial charge in [-0.2, -0.15) is 0 Å². The van der Waals surface area contributed by atoms with Crippen molar-refractivity contribution in [3.63, 3.8) is 0 Å². The van der Waals surface area contributed by atoms with Gasteiger partial charge in [-0.1, -0.05) is 13.0 Å². The van der Waals surface area contributed by atoms with Crippen LogP contribution in [0.15, 0.2) is 28.7 Å². The summed E-state index contributed by atoms with van der Waals surface area (Å²) in [5.41, 5.74) is 1.63. The fraction of sp³-hybridized carbons (Fsp3) is 0.333. The normalized spacial score (nSPS) is 12.7. The molecule has 1 aromatic carbocycles. The van der Waals surface area contributed by atoms with E-state index in [0.717, 1.165) is 23.2 Å². The van der Waals surface area contributed by atoms with Crippen molar-refractivity contribution < 1.29 is 13.2 Å². The first-order chi connectivity index (χ1) is 9.02. The maximum absolute atomic E-state index is 13.4. The molecule has 0 aliphatic heterocycles. The highest BCUT2D eigenvalue weighted by Crippen LogP contribution is 2.28. The first-order valence-corrected chi connectivity index (χ1v) is 6.28. The van der Waals surface area contributed by atoms with Gasteiger partial charge in [-0.15, -0.1) is 0 Å². The predicted octanol–water partition coefficient (Wildman–Crippen LogP) is 3.87. The summed E-state index contributed by atoms with van der Waals surface area (Å²) in [4.78, 5) is 0. The van der Waals surface area contributed by atoms with E-state index in [-0.39, 0.29) is 6.04 Å². The molecule has 0 bridgehead atoms. The molecular formula is C15H17F2NO. The molecule has 1 heterocycles. The molecule has 1 unspecified atom stereocenters. The Bertz CT molecular complexity index is 578. The third-order valence-corrected chi connectivity index (χ3v) is 3.08. The summed E-state index contributed by atoms with van der Waals surface area (Å²) in [5.74, 6) is -0.0801. The number of nitrogens with one attached hydrogen (secondary N) is 1. The van der Waals surface area contributed by atoms with Crippen molar-refractivity contribution in [1.82, 2.24) is 5.32 Å². The minimum Gasteiger partial charge on any atom is -0.466 e. The number of hydrogen-bond donors (Lipinski definition) is 1. The first-order valence-electron chi connectivity index (χ1n) is 6.28. The van der Waals surface area contributed by atoms with E-state index in [0.29, 0.717) is 12.1 Å². The summed E-state index contributed by atoms with van der Waals surface area (Å²) >= 11 is 0. The Labute approximate surface area is 111 Å². The maximum Gasteiger partial charge on any atom is 0.159 e. The molecule has 0 amide bonds. The Balaban J connectivity index is 2.44. The molecule has 19 heavy (non-hydrogen) atoms. The third-order valence-electron chi connectivity index (χ3n) is 3.08. The zero-order valence-corrected chi connectivity index (χ0v) is 11.3. The van der Waals surface area contributed by atoms with Gasteiger partial charge in [0.2, 0.25) is 0 Å². The highest BCUT2D eigenvalue weighted by atomic mass is 19.2. The van der Waals surface area contributed by atoms with Gasteiger partial charge in [0, 0.05) is 5.56 Å². The molecule has 2 nitrogen and oxygen atoms in total. The van der Waals surface area contributed by atoms with E-state index in [9.17, 15) is 8.78 Å². The molecule has 1 N–H and O–H groups in total. The fourth-order valence-corrected chi connectivity index (χ4v) is 2.24. The molecule has 0 saturated heterocycles. The lowest BCUT2D eigenvalue weighted by molar-refractivity contribution is 0.491. The van der Waals surface area contributed by atoms with Crippen LogP contribution < -0.4 is 5.32 Å². The van der Waals surface area contributed by atoms with Gasteiger partial charge in [0.15, 0.2) is 11.6 Å². The van der Waals surface area contributed by atoms with E-state index >= 15 is 0 Å². The number of aryl methyl sites for hydroxylation is 2. The molecule has 1 aromatic heterocycles. The van der Waals surface area contributed by atoms with Crippen molar-refractivity contribution in [3.8, 4) is 0 Å². The van der Waals surface area contributed by atoms with Crippen LogP contribution in [0.3, 0.4) is 0 Å². The van der Waals surface area contributed by atoms with Crippen molar-refractivity contribution in [2.24, 2.45) is 0 Å². The number of benzene rings is 1. The van der Waals surface area contributed by atoms with Gasteiger partial charge < -0.3 is 9.73 Å². The fourth-order valence-electron chi connectivity index (χ4n) is 2.24. The topological polar surface area (TPSA) is 25.2 Å². The second-order valence-corrected chi connectivity index (χ2v) is 4.53. The molecule has 2 aromatic rings. The van der Waals surface area contributed by atoms with Gasteiger partial charge in [-0.05, 0) is 44.2 Å². The molecule has 0 aliphatic carbocycles. The van der Waals surface area contributed by atoms with Crippen LogP contribution in [0.2, 0.25) is 0 Å². The minimum atomic E-state index is -0.835. The average molecular weight is 265 g/mol. The predicted molar refractivity (Wildman–Crippen MR) is 70.1 cm³/mol. The largest absolute Gasteiger partial charge is 0.466 e. The summed E-state index contributed by atoms with van der Waals surface area (Å²) in [5, 5.41) is 3.27. The lowest BCUT2D eigenvalue weighted by Gasteiger charge is -2.18. The Morgan fingerprint density at radius 1 is 1.16 bits per heavy atom. The molecule has 0 aliphatic rings. The van der Waals surface area contributed by atoms with E-state index in [1.54, 1.807) is 6.07 Å². The van der Waals surface area contributed by atoms with Crippen LogP contribution in [-0.2, 0) is 0 Å². The summed E-state index contributed by atoms with van der Waals surface area (Å²) < 4.78 is 31.9. The summed E-state index contributed by atoms with van der Waals surface area (Å²) in [6.45, 7) is 6.42. The zero-order chi connectivity index (χ0) is 14.0. The molecule has 0 spiro atoms. The molecule has 4 heteroatoms. The van der Waals surface area contributed by atoms with E-state index in [1.165, 1.54) is 6.07 Å². The quantitative estimate of drug-likeness (QED) is 0.907. The van der Waals surface area contributed by atoms with E-state index in [2.05, 4.69) is 5.32 Å². The van der Waals surface area contributed by atoms with E-state index in [4.69, 9.17) is 4.42 Å². The van der Waals surface area contributed by atoms with Gasteiger partial charge in [-0.3, -0.25) is 0 Å². The summed E-state index contributed by atoms with van der Waals surface area (Å²) in [7, 11) is 0. The molecule has 102 valence electrons. The van der Waals surface area contributed by atoms with Crippen molar-refractivity contribution in [3.05, 3.63) is 58.5 Å². The van der Waals surface area contributed by atoms with Gasteiger partial charge in [0.1, 0.15) is 11.5 Å². The number of halogens is 2. The third kappa shape index (κ3) is 2.84. The van der Waals surface area contributed by atoms with Crippen LogP contribution in [0.1, 0.15) is 35.6 Å². The minimum absolute atomic E-state index is 0.197. The van der Waals surface area contributed by atoms with Crippen molar-refractivity contribution >= 4 is 0 Å². The van der Waals surface area contributed by atoms with Crippen LogP contribution in [0.4, 0.5) is 8.78 Å². The van der Waals surface area contributed by atoms with Crippen LogP contribution in [0, 0.1) is 25.5 Å². The van der Waals surface area contributed by atoms with Gasteiger partial charge in [-0.25, -0.2) is 8.78 Å². The van der Waals surface area contributed by atoms with Crippen LogP contribution in [-0.4, -0.2) is 6.54 Å². The highest BCUT2D eigenvalue weighted by molar-refractivity contribution is 5.35. The van der Waals surface area contributed by atoms with E-state index < -0.39 is 11.6 Å². The molecule has 0 saturated carbocycles. The van der Waals surface area contributed by atoms with Crippen molar-refractivity contribution in [2.75, 3.05) is 6.54 Å². The molecule has 0 radical (unpaired) electrons. The summed E-state index contributed by atoms with van der Waals surface area (Å²) in [6, 6.07) is 5.69. The second-order valence-electron chi connectivity index (χ2n) is 4.53. The summed E-state index contributed by atoms with van der Waals surface area (Å²) in [6.07, 6.45) is 0. The Morgan fingerprint density at radius 2 is 1.89 bits per heavy atom. The van der Waals surface area contributed by atoms with E-state index in [1.807, 2.05) is 26.8 Å².